The zero-order chi connectivity index (χ0) is 17.2. The molecule has 3 rings (SSSR count). The van der Waals surface area contributed by atoms with E-state index < -0.39 is 12.0 Å². The molecule has 0 bridgehead atoms. The van der Waals surface area contributed by atoms with Gasteiger partial charge in [0, 0.05) is 32.1 Å². The van der Waals surface area contributed by atoms with Crippen molar-refractivity contribution in [3.05, 3.63) is 48.2 Å². The molecule has 0 radical (unpaired) electrons. The minimum atomic E-state index is -4.56. The van der Waals surface area contributed by atoms with E-state index in [1.807, 2.05) is 0 Å². The maximum absolute atomic E-state index is 12.9. The normalized spacial score (nSPS) is 16.2. The first-order valence-electron chi connectivity index (χ1n) is 7.49. The Balaban J connectivity index is 1.60. The van der Waals surface area contributed by atoms with Crippen LogP contribution in [-0.2, 0) is 6.18 Å². The SMILES string of the molecule is Fc1ccc(OC2CCN(c3ccnc(C(F)(F)F)n3)CC2)cc1. The van der Waals surface area contributed by atoms with Crippen LogP contribution in [-0.4, -0.2) is 29.2 Å². The fourth-order valence-corrected chi connectivity index (χ4v) is 2.57. The maximum Gasteiger partial charge on any atom is 0.451 e. The molecule has 8 heteroatoms. The monoisotopic (exact) mass is 341 g/mol. The molecule has 0 N–H and O–H groups in total. The Labute approximate surface area is 136 Å². The maximum atomic E-state index is 12.9. The Bertz CT molecular complexity index is 682. The van der Waals surface area contributed by atoms with Crippen LogP contribution in [0.5, 0.6) is 5.75 Å². The number of anilines is 1. The van der Waals surface area contributed by atoms with Gasteiger partial charge in [-0.15, -0.1) is 0 Å². The van der Waals surface area contributed by atoms with E-state index in [4.69, 9.17) is 4.74 Å². The molecule has 2 heterocycles. The number of halogens is 4. The molecule has 24 heavy (non-hydrogen) atoms. The zero-order valence-corrected chi connectivity index (χ0v) is 12.6. The molecular weight excluding hydrogens is 326 g/mol. The number of hydrogen-bond acceptors (Lipinski definition) is 4. The van der Waals surface area contributed by atoms with E-state index in [0.717, 1.165) is 6.20 Å². The van der Waals surface area contributed by atoms with Gasteiger partial charge in [-0.25, -0.2) is 14.4 Å². The molecule has 2 aromatic rings. The van der Waals surface area contributed by atoms with Crippen LogP contribution in [0.3, 0.4) is 0 Å². The molecule has 1 aromatic heterocycles. The number of hydrogen-bond donors (Lipinski definition) is 0. The standard InChI is InChI=1S/C16H15F4N3O/c17-11-1-3-12(4-2-11)24-13-6-9-23(10-7-13)14-5-8-21-15(22-14)16(18,19)20/h1-5,8,13H,6-7,9-10H2. The van der Waals surface area contributed by atoms with Crippen LogP contribution < -0.4 is 9.64 Å². The van der Waals surface area contributed by atoms with Crippen molar-refractivity contribution in [1.29, 1.82) is 0 Å². The van der Waals surface area contributed by atoms with Gasteiger partial charge in [-0.3, -0.25) is 0 Å². The van der Waals surface area contributed by atoms with Crippen LogP contribution in [0.1, 0.15) is 18.7 Å². The lowest BCUT2D eigenvalue weighted by atomic mass is 10.1. The third kappa shape index (κ3) is 3.93. The largest absolute Gasteiger partial charge is 0.490 e. The number of alkyl halides is 3. The van der Waals surface area contributed by atoms with Crippen molar-refractivity contribution in [3.63, 3.8) is 0 Å². The average molecular weight is 341 g/mol. The van der Waals surface area contributed by atoms with Crippen LogP contribution in [0.15, 0.2) is 36.5 Å². The summed E-state index contributed by atoms with van der Waals surface area (Å²) in [7, 11) is 0. The lowest BCUT2D eigenvalue weighted by Gasteiger charge is -2.33. The summed E-state index contributed by atoms with van der Waals surface area (Å²) in [5.41, 5.74) is 0. The minimum Gasteiger partial charge on any atom is -0.490 e. The van der Waals surface area contributed by atoms with E-state index in [0.29, 0.717) is 31.7 Å². The number of piperidine rings is 1. The molecule has 1 aliphatic heterocycles. The van der Waals surface area contributed by atoms with Gasteiger partial charge in [0.05, 0.1) is 0 Å². The zero-order valence-electron chi connectivity index (χ0n) is 12.6. The smallest absolute Gasteiger partial charge is 0.451 e. The molecule has 0 spiro atoms. The van der Waals surface area contributed by atoms with Gasteiger partial charge < -0.3 is 9.64 Å². The lowest BCUT2D eigenvalue weighted by Crippen LogP contribution is -2.39. The minimum absolute atomic E-state index is 0.0596. The van der Waals surface area contributed by atoms with Crippen molar-refractivity contribution in [2.75, 3.05) is 18.0 Å². The van der Waals surface area contributed by atoms with Crippen molar-refractivity contribution in [2.45, 2.75) is 25.1 Å². The Morgan fingerprint density at radius 1 is 1.04 bits per heavy atom. The van der Waals surface area contributed by atoms with Crippen molar-refractivity contribution in [3.8, 4) is 5.75 Å². The second-order valence-electron chi connectivity index (χ2n) is 5.49. The molecule has 1 saturated heterocycles. The quantitative estimate of drug-likeness (QED) is 0.798. The molecule has 128 valence electrons. The fraction of sp³-hybridized carbons (Fsp3) is 0.375. The third-order valence-electron chi connectivity index (χ3n) is 3.78. The summed E-state index contributed by atoms with van der Waals surface area (Å²) < 4.78 is 56.7. The third-order valence-corrected chi connectivity index (χ3v) is 3.78. The van der Waals surface area contributed by atoms with Crippen molar-refractivity contribution >= 4 is 5.82 Å². The molecule has 0 atom stereocenters. The lowest BCUT2D eigenvalue weighted by molar-refractivity contribution is -0.144. The highest BCUT2D eigenvalue weighted by atomic mass is 19.4. The Kier molecular flexibility index (Phi) is 4.55. The van der Waals surface area contributed by atoms with E-state index in [1.165, 1.54) is 18.2 Å². The Morgan fingerprint density at radius 2 is 1.71 bits per heavy atom. The molecule has 0 aliphatic carbocycles. The van der Waals surface area contributed by atoms with Gasteiger partial charge in [0.15, 0.2) is 0 Å². The number of benzene rings is 1. The van der Waals surface area contributed by atoms with Gasteiger partial charge in [-0.05, 0) is 30.3 Å². The van der Waals surface area contributed by atoms with E-state index in [-0.39, 0.29) is 17.7 Å². The van der Waals surface area contributed by atoms with Crippen molar-refractivity contribution in [2.24, 2.45) is 0 Å². The molecule has 0 amide bonds. The van der Waals surface area contributed by atoms with E-state index in [1.54, 1.807) is 17.0 Å². The summed E-state index contributed by atoms with van der Waals surface area (Å²) >= 11 is 0. The van der Waals surface area contributed by atoms with Gasteiger partial charge in [-0.2, -0.15) is 13.2 Å². The summed E-state index contributed by atoms with van der Waals surface area (Å²) in [6.07, 6.45) is -2.21. The second kappa shape index (κ2) is 6.62. The van der Waals surface area contributed by atoms with Crippen LogP contribution >= 0.6 is 0 Å². The van der Waals surface area contributed by atoms with E-state index in [9.17, 15) is 17.6 Å². The number of aromatic nitrogens is 2. The van der Waals surface area contributed by atoms with Crippen LogP contribution in [0.4, 0.5) is 23.4 Å². The van der Waals surface area contributed by atoms with Crippen molar-refractivity contribution < 1.29 is 22.3 Å². The molecule has 1 fully saturated rings. The summed E-state index contributed by atoms with van der Waals surface area (Å²) in [5.74, 6) is -0.625. The van der Waals surface area contributed by atoms with Gasteiger partial charge in [0.25, 0.3) is 0 Å². The molecule has 1 aliphatic rings. The average Bonchev–Trinajstić information content (AvgIpc) is 2.57. The van der Waals surface area contributed by atoms with Gasteiger partial charge in [0.1, 0.15) is 23.5 Å². The van der Waals surface area contributed by atoms with Gasteiger partial charge in [0.2, 0.25) is 5.82 Å². The summed E-state index contributed by atoms with van der Waals surface area (Å²) in [5, 5.41) is 0. The summed E-state index contributed by atoms with van der Waals surface area (Å²) in [4.78, 5) is 8.64. The second-order valence-corrected chi connectivity index (χ2v) is 5.49. The highest BCUT2D eigenvalue weighted by Gasteiger charge is 2.35. The van der Waals surface area contributed by atoms with Crippen LogP contribution in [0.2, 0.25) is 0 Å². The molecule has 1 aromatic carbocycles. The number of ether oxygens (including phenoxy) is 1. The fourth-order valence-electron chi connectivity index (χ4n) is 2.57. The first-order chi connectivity index (χ1) is 11.4. The molecule has 4 nitrogen and oxygen atoms in total. The summed E-state index contributed by atoms with van der Waals surface area (Å²) in [6, 6.07) is 7.23. The Morgan fingerprint density at radius 3 is 2.33 bits per heavy atom. The highest BCUT2D eigenvalue weighted by molar-refractivity contribution is 5.38. The van der Waals surface area contributed by atoms with Crippen molar-refractivity contribution in [1.82, 2.24) is 9.97 Å². The predicted molar refractivity (Wildman–Crippen MR) is 79.3 cm³/mol. The van der Waals surface area contributed by atoms with Crippen LogP contribution in [0.25, 0.3) is 0 Å². The highest BCUT2D eigenvalue weighted by Crippen LogP contribution is 2.28. The van der Waals surface area contributed by atoms with E-state index in [2.05, 4.69) is 9.97 Å². The molecule has 0 unspecified atom stereocenters. The Hall–Kier alpha value is -2.38. The number of nitrogens with zero attached hydrogens (tertiary/aromatic N) is 3. The van der Waals surface area contributed by atoms with Crippen LogP contribution in [0, 0.1) is 5.82 Å². The number of rotatable bonds is 3. The van der Waals surface area contributed by atoms with E-state index >= 15 is 0 Å². The van der Waals surface area contributed by atoms with Gasteiger partial charge in [-0.1, -0.05) is 0 Å². The first-order valence-corrected chi connectivity index (χ1v) is 7.49. The molecule has 0 saturated carbocycles. The molecular formula is C16H15F4N3O. The van der Waals surface area contributed by atoms with Gasteiger partial charge >= 0.3 is 6.18 Å². The topological polar surface area (TPSA) is 38.2 Å². The first kappa shape index (κ1) is 16.5. The predicted octanol–water partition coefficient (Wildman–Crippen LogP) is 3.68. The summed E-state index contributed by atoms with van der Waals surface area (Å²) in [6.45, 7) is 1.06.